The normalized spacial score (nSPS) is 11.7. The topological polar surface area (TPSA) is 70.6 Å². The van der Waals surface area contributed by atoms with Crippen molar-refractivity contribution in [3.8, 4) is 5.75 Å². The van der Waals surface area contributed by atoms with Gasteiger partial charge in [0.15, 0.2) is 0 Å². The van der Waals surface area contributed by atoms with Gasteiger partial charge in [-0.25, -0.2) is 4.79 Å². The van der Waals surface area contributed by atoms with Crippen LogP contribution in [0.3, 0.4) is 0 Å². The van der Waals surface area contributed by atoms with Gasteiger partial charge < -0.3 is 20.5 Å². The van der Waals surface area contributed by atoms with E-state index in [1.807, 2.05) is 31.2 Å². The fourth-order valence-electron chi connectivity index (χ4n) is 1.54. The van der Waals surface area contributed by atoms with Crippen molar-refractivity contribution in [1.29, 1.82) is 0 Å². The van der Waals surface area contributed by atoms with Crippen LogP contribution in [0.4, 0.5) is 4.79 Å². The Hall–Kier alpha value is -1.75. The third kappa shape index (κ3) is 6.10. The third-order valence-electron chi connectivity index (χ3n) is 2.85. The Morgan fingerprint density at radius 2 is 2.00 bits per heavy atom. The second-order valence-electron chi connectivity index (χ2n) is 4.31. The summed E-state index contributed by atoms with van der Waals surface area (Å²) in [6, 6.07) is 7.29. The molecule has 0 spiro atoms. The average Bonchev–Trinajstić information content (AvgIpc) is 2.45. The van der Waals surface area contributed by atoms with Crippen molar-refractivity contribution in [1.82, 2.24) is 10.6 Å². The Bertz CT molecular complexity index is 379. The Morgan fingerprint density at radius 3 is 2.58 bits per heavy atom. The molecular weight excluding hydrogens is 244 g/mol. The maximum atomic E-state index is 11.5. The van der Waals surface area contributed by atoms with Crippen LogP contribution in [0.25, 0.3) is 0 Å². The van der Waals surface area contributed by atoms with E-state index in [1.54, 1.807) is 7.11 Å². The molecule has 0 saturated heterocycles. The molecule has 2 amide bonds. The van der Waals surface area contributed by atoms with Crippen LogP contribution >= 0.6 is 0 Å². The molecule has 5 heteroatoms. The molecule has 19 heavy (non-hydrogen) atoms. The quantitative estimate of drug-likeness (QED) is 0.703. The van der Waals surface area contributed by atoms with Crippen molar-refractivity contribution in [2.24, 2.45) is 0 Å². The Labute approximate surface area is 114 Å². The number of benzene rings is 1. The van der Waals surface area contributed by atoms with E-state index < -0.39 is 0 Å². The fraction of sp³-hybridized carbons (Fsp3) is 0.500. The number of ether oxygens (including phenoxy) is 1. The largest absolute Gasteiger partial charge is 0.497 e. The first-order valence-corrected chi connectivity index (χ1v) is 6.48. The van der Waals surface area contributed by atoms with Gasteiger partial charge in [-0.2, -0.15) is 0 Å². The number of methoxy groups -OCH3 is 1. The van der Waals surface area contributed by atoms with E-state index in [-0.39, 0.29) is 12.1 Å². The van der Waals surface area contributed by atoms with Crippen LogP contribution in [-0.4, -0.2) is 30.9 Å². The third-order valence-corrected chi connectivity index (χ3v) is 2.85. The molecule has 106 valence electrons. The summed E-state index contributed by atoms with van der Waals surface area (Å²) in [6.07, 6.45) is 0.934. The number of rotatable bonds is 7. The van der Waals surface area contributed by atoms with Gasteiger partial charge in [0.1, 0.15) is 5.75 Å². The molecule has 0 aliphatic rings. The molecule has 0 radical (unpaired) electrons. The van der Waals surface area contributed by atoms with Crippen LogP contribution in [0.5, 0.6) is 5.75 Å². The zero-order chi connectivity index (χ0) is 14.1. The molecule has 3 N–H and O–H groups in total. The molecule has 0 saturated carbocycles. The monoisotopic (exact) mass is 266 g/mol. The molecule has 0 aliphatic heterocycles. The Morgan fingerprint density at radius 1 is 1.32 bits per heavy atom. The van der Waals surface area contributed by atoms with Crippen LogP contribution in [0.1, 0.15) is 25.3 Å². The molecule has 0 bridgehead atoms. The predicted octanol–water partition coefficient (Wildman–Crippen LogP) is 1.66. The van der Waals surface area contributed by atoms with Crippen molar-refractivity contribution < 1.29 is 14.6 Å². The van der Waals surface area contributed by atoms with Crippen LogP contribution in [-0.2, 0) is 6.54 Å². The number of aliphatic hydroxyl groups excluding tert-OH is 1. The molecule has 1 unspecified atom stereocenters. The minimum Gasteiger partial charge on any atom is -0.497 e. The van der Waals surface area contributed by atoms with Crippen molar-refractivity contribution >= 4 is 6.03 Å². The van der Waals surface area contributed by atoms with Crippen molar-refractivity contribution in [2.45, 2.75) is 32.4 Å². The molecule has 1 atom stereocenters. The molecule has 0 aromatic heterocycles. The summed E-state index contributed by atoms with van der Waals surface area (Å²) in [5.41, 5.74) is 1.00. The van der Waals surface area contributed by atoms with Gasteiger partial charge in [-0.1, -0.05) is 19.1 Å². The van der Waals surface area contributed by atoms with Gasteiger partial charge in [-0.15, -0.1) is 0 Å². The van der Waals surface area contributed by atoms with Crippen LogP contribution in [0.15, 0.2) is 24.3 Å². The molecule has 5 nitrogen and oxygen atoms in total. The number of hydrogen-bond acceptors (Lipinski definition) is 3. The number of carbonyl (C=O) groups excluding carboxylic acids is 1. The second-order valence-corrected chi connectivity index (χ2v) is 4.31. The molecular formula is C14H22N2O3. The van der Waals surface area contributed by atoms with Gasteiger partial charge in [0.05, 0.1) is 13.2 Å². The van der Waals surface area contributed by atoms with Gasteiger partial charge >= 0.3 is 6.03 Å². The van der Waals surface area contributed by atoms with E-state index in [1.165, 1.54) is 0 Å². The zero-order valence-electron chi connectivity index (χ0n) is 11.5. The van der Waals surface area contributed by atoms with Gasteiger partial charge in [0.2, 0.25) is 0 Å². The van der Waals surface area contributed by atoms with Crippen LogP contribution in [0.2, 0.25) is 0 Å². The highest BCUT2D eigenvalue weighted by atomic mass is 16.5. The fourth-order valence-corrected chi connectivity index (χ4v) is 1.54. The molecule has 1 rings (SSSR count). The minimum atomic E-state index is -0.345. The lowest BCUT2D eigenvalue weighted by Gasteiger charge is -2.10. The smallest absolute Gasteiger partial charge is 0.315 e. The van der Waals surface area contributed by atoms with Crippen molar-refractivity contribution in [2.75, 3.05) is 13.7 Å². The number of carbonyl (C=O) groups is 1. The maximum absolute atomic E-state index is 11.5. The number of aliphatic hydroxyl groups is 1. The number of hydrogen-bond donors (Lipinski definition) is 3. The lowest BCUT2D eigenvalue weighted by molar-refractivity contribution is 0.160. The summed E-state index contributed by atoms with van der Waals surface area (Å²) in [5, 5.41) is 14.8. The second kappa shape index (κ2) is 8.37. The van der Waals surface area contributed by atoms with Crippen LogP contribution in [0, 0.1) is 0 Å². The Balaban J connectivity index is 2.22. The summed E-state index contributed by atoms with van der Waals surface area (Å²) >= 11 is 0. The van der Waals surface area contributed by atoms with Crippen molar-refractivity contribution in [3.63, 3.8) is 0 Å². The number of nitrogens with one attached hydrogen (secondary N) is 2. The molecule has 0 aliphatic carbocycles. The average molecular weight is 266 g/mol. The van der Waals surface area contributed by atoms with Gasteiger partial charge in [-0.3, -0.25) is 0 Å². The van der Waals surface area contributed by atoms with E-state index in [4.69, 9.17) is 4.74 Å². The lowest BCUT2D eigenvalue weighted by atomic mass is 10.2. The van der Waals surface area contributed by atoms with E-state index in [0.717, 1.165) is 11.3 Å². The van der Waals surface area contributed by atoms with Gasteiger partial charge in [0, 0.05) is 13.1 Å². The first-order chi connectivity index (χ1) is 9.15. The molecule has 0 fully saturated rings. The van der Waals surface area contributed by atoms with E-state index in [0.29, 0.717) is 25.9 Å². The highest BCUT2D eigenvalue weighted by molar-refractivity contribution is 5.73. The van der Waals surface area contributed by atoms with Crippen LogP contribution < -0.4 is 15.4 Å². The molecule has 1 aromatic rings. The van der Waals surface area contributed by atoms with Crippen molar-refractivity contribution in [3.05, 3.63) is 29.8 Å². The lowest BCUT2D eigenvalue weighted by Crippen LogP contribution is -2.36. The predicted molar refractivity (Wildman–Crippen MR) is 74.1 cm³/mol. The molecule has 0 heterocycles. The van der Waals surface area contributed by atoms with E-state index >= 15 is 0 Å². The number of amides is 2. The summed E-state index contributed by atoms with van der Waals surface area (Å²) in [7, 11) is 1.62. The Kier molecular flexibility index (Phi) is 6.74. The summed E-state index contributed by atoms with van der Waals surface area (Å²) in [5.74, 6) is 0.793. The van der Waals surface area contributed by atoms with E-state index in [2.05, 4.69) is 10.6 Å². The highest BCUT2D eigenvalue weighted by Gasteiger charge is 2.03. The SMILES string of the molecule is CCC(O)CCNC(=O)NCc1ccc(OC)cc1. The summed E-state index contributed by atoms with van der Waals surface area (Å²) in [6.45, 7) is 2.85. The number of urea groups is 1. The highest BCUT2D eigenvalue weighted by Crippen LogP contribution is 2.10. The zero-order valence-corrected chi connectivity index (χ0v) is 11.5. The first-order valence-electron chi connectivity index (χ1n) is 6.48. The summed E-state index contributed by atoms with van der Waals surface area (Å²) in [4.78, 5) is 11.5. The first kappa shape index (κ1) is 15.3. The maximum Gasteiger partial charge on any atom is 0.315 e. The molecule has 1 aromatic carbocycles. The standard InChI is InChI=1S/C14H22N2O3/c1-3-12(17)8-9-15-14(18)16-10-11-4-6-13(19-2)7-5-11/h4-7,12,17H,3,8-10H2,1-2H3,(H2,15,16,18). The van der Waals surface area contributed by atoms with E-state index in [9.17, 15) is 9.90 Å². The van der Waals surface area contributed by atoms with Gasteiger partial charge in [0.25, 0.3) is 0 Å². The van der Waals surface area contributed by atoms with Gasteiger partial charge in [-0.05, 0) is 30.5 Å². The minimum absolute atomic E-state index is 0.223. The summed E-state index contributed by atoms with van der Waals surface area (Å²) < 4.78 is 5.06.